The van der Waals surface area contributed by atoms with Gasteiger partial charge in [0.2, 0.25) is 12.2 Å². The number of rotatable bonds is 8. The van der Waals surface area contributed by atoms with Crippen LogP contribution in [0.5, 0.6) is 5.75 Å². The van der Waals surface area contributed by atoms with E-state index in [0.717, 1.165) is 20.8 Å². The third-order valence-electron chi connectivity index (χ3n) is 4.37. The van der Waals surface area contributed by atoms with Crippen LogP contribution in [-0.4, -0.2) is 66.0 Å². The largest absolute Gasteiger partial charge is 0.463 e. The molecule has 1 aromatic carbocycles. The first kappa shape index (κ1) is 25.5. The van der Waals surface area contributed by atoms with Crippen LogP contribution in [-0.2, 0) is 38.1 Å². The van der Waals surface area contributed by atoms with Crippen molar-refractivity contribution in [3.05, 3.63) is 34.4 Å². The predicted octanol–water partition coefficient (Wildman–Crippen LogP) is 0.630. The Labute approximate surface area is 188 Å². The molecule has 0 unspecified atom stereocenters. The molecular formula is C20H24N2O11. The van der Waals surface area contributed by atoms with Crippen LogP contribution in [0.1, 0.15) is 27.7 Å². The second-order valence-corrected chi connectivity index (χ2v) is 7.09. The van der Waals surface area contributed by atoms with Crippen molar-refractivity contribution in [2.75, 3.05) is 6.61 Å². The molecule has 1 amide bonds. The molecule has 0 bridgehead atoms. The van der Waals surface area contributed by atoms with Crippen molar-refractivity contribution in [1.29, 1.82) is 0 Å². The summed E-state index contributed by atoms with van der Waals surface area (Å²) < 4.78 is 27.2. The monoisotopic (exact) mass is 468 g/mol. The average molecular weight is 468 g/mol. The Morgan fingerprint density at radius 3 is 2.03 bits per heavy atom. The minimum absolute atomic E-state index is 0.139. The van der Waals surface area contributed by atoms with Crippen LogP contribution in [0.2, 0.25) is 0 Å². The Bertz CT molecular complexity index is 902. The Morgan fingerprint density at radius 1 is 0.970 bits per heavy atom. The van der Waals surface area contributed by atoms with Crippen molar-refractivity contribution in [3.8, 4) is 5.75 Å². The van der Waals surface area contributed by atoms with E-state index in [0.29, 0.717) is 0 Å². The smallest absolute Gasteiger partial charge is 0.303 e. The number of hydrogen-bond donors (Lipinski definition) is 1. The van der Waals surface area contributed by atoms with Gasteiger partial charge in [0, 0.05) is 39.8 Å². The minimum atomic E-state index is -1.31. The van der Waals surface area contributed by atoms with Crippen molar-refractivity contribution >= 4 is 29.5 Å². The van der Waals surface area contributed by atoms with E-state index in [1.54, 1.807) is 0 Å². The molecule has 1 heterocycles. The molecule has 1 fully saturated rings. The SMILES string of the molecule is CC(=O)N[C@H]1[C@H](Oc2ccc([N+](=O)[O-])cc2)O[C@@H](COC(C)=O)[C@@H](OC(C)=O)[C@@H]1OC(C)=O. The first-order valence-corrected chi connectivity index (χ1v) is 9.79. The van der Waals surface area contributed by atoms with Crippen molar-refractivity contribution < 1.29 is 47.8 Å². The molecule has 1 aromatic rings. The van der Waals surface area contributed by atoms with Crippen LogP contribution in [0.15, 0.2) is 24.3 Å². The number of ether oxygens (including phenoxy) is 5. The van der Waals surface area contributed by atoms with Gasteiger partial charge < -0.3 is 29.0 Å². The number of carbonyl (C=O) groups excluding carboxylic acids is 4. The molecule has 0 aliphatic carbocycles. The first-order valence-electron chi connectivity index (χ1n) is 9.79. The number of benzene rings is 1. The zero-order valence-corrected chi connectivity index (χ0v) is 18.3. The van der Waals surface area contributed by atoms with Crippen LogP contribution in [0.4, 0.5) is 5.69 Å². The Balaban J connectivity index is 2.43. The fraction of sp³-hybridized carbons (Fsp3) is 0.500. The zero-order chi connectivity index (χ0) is 24.7. The Kier molecular flexibility index (Phi) is 8.68. The van der Waals surface area contributed by atoms with E-state index in [9.17, 15) is 29.3 Å². The summed E-state index contributed by atoms with van der Waals surface area (Å²) in [5, 5.41) is 13.4. The van der Waals surface area contributed by atoms with Gasteiger partial charge in [0.25, 0.3) is 5.69 Å². The van der Waals surface area contributed by atoms with Gasteiger partial charge in [-0.05, 0) is 12.1 Å². The van der Waals surface area contributed by atoms with E-state index < -0.39 is 59.4 Å². The van der Waals surface area contributed by atoms with Crippen LogP contribution in [0.25, 0.3) is 0 Å². The molecule has 1 N–H and O–H groups in total. The van der Waals surface area contributed by atoms with Gasteiger partial charge >= 0.3 is 17.9 Å². The van der Waals surface area contributed by atoms with E-state index in [4.69, 9.17) is 23.7 Å². The van der Waals surface area contributed by atoms with Gasteiger partial charge in [0.1, 0.15) is 24.5 Å². The summed E-state index contributed by atoms with van der Waals surface area (Å²) in [5.41, 5.74) is -0.175. The van der Waals surface area contributed by atoms with Crippen molar-refractivity contribution in [2.45, 2.75) is 58.3 Å². The molecule has 0 spiro atoms. The fourth-order valence-electron chi connectivity index (χ4n) is 3.17. The average Bonchev–Trinajstić information content (AvgIpc) is 2.70. The number of hydrogen-bond acceptors (Lipinski definition) is 11. The lowest BCUT2D eigenvalue weighted by atomic mass is 9.96. The minimum Gasteiger partial charge on any atom is -0.463 e. The molecular weight excluding hydrogens is 444 g/mol. The molecule has 1 aliphatic heterocycles. The molecule has 33 heavy (non-hydrogen) atoms. The van der Waals surface area contributed by atoms with E-state index in [1.165, 1.54) is 31.2 Å². The zero-order valence-electron chi connectivity index (χ0n) is 18.3. The Hall–Kier alpha value is -3.74. The maximum atomic E-state index is 11.9. The van der Waals surface area contributed by atoms with E-state index >= 15 is 0 Å². The van der Waals surface area contributed by atoms with E-state index in [-0.39, 0.29) is 18.0 Å². The number of nitro benzene ring substituents is 1. The lowest BCUT2D eigenvalue weighted by Gasteiger charge is -2.44. The van der Waals surface area contributed by atoms with Crippen LogP contribution in [0.3, 0.4) is 0 Å². The number of amides is 1. The predicted molar refractivity (Wildman–Crippen MR) is 108 cm³/mol. The van der Waals surface area contributed by atoms with Gasteiger partial charge in [-0.2, -0.15) is 0 Å². The van der Waals surface area contributed by atoms with Gasteiger partial charge in [-0.15, -0.1) is 0 Å². The van der Waals surface area contributed by atoms with Gasteiger partial charge in [-0.25, -0.2) is 0 Å². The quantitative estimate of drug-likeness (QED) is 0.246. The molecule has 0 saturated carbocycles. The highest BCUT2D eigenvalue weighted by Gasteiger charge is 2.51. The van der Waals surface area contributed by atoms with Crippen molar-refractivity contribution in [1.82, 2.24) is 5.32 Å². The third-order valence-corrected chi connectivity index (χ3v) is 4.37. The van der Waals surface area contributed by atoms with Crippen molar-refractivity contribution in [3.63, 3.8) is 0 Å². The molecule has 1 saturated heterocycles. The Morgan fingerprint density at radius 2 is 1.55 bits per heavy atom. The van der Waals surface area contributed by atoms with Gasteiger partial charge in [-0.3, -0.25) is 29.3 Å². The maximum absolute atomic E-state index is 11.9. The number of nitrogens with zero attached hydrogens (tertiary/aromatic N) is 1. The molecule has 2 rings (SSSR count). The highest BCUT2D eigenvalue weighted by Crippen LogP contribution is 2.29. The summed E-state index contributed by atoms with van der Waals surface area (Å²) in [6.45, 7) is 4.24. The standard InChI is InChI=1S/C20H24N2O11/c1-10(23)21-17-19(31-13(4)26)18(30-12(3)25)16(9-29-11(2)24)33-20(17)32-15-7-5-14(6-8-15)22(27)28/h5-8,16-20H,9H2,1-4H3,(H,21,23)/t16-,17+,18+,19+,20+/m0/s1. The summed E-state index contributed by atoms with van der Waals surface area (Å²) in [5.74, 6) is -2.50. The van der Waals surface area contributed by atoms with Gasteiger partial charge in [-0.1, -0.05) is 0 Å². The molecule has 180 valence electrons. The lowest BCUT2D eigenvalue weighted by molar-refractivity contribution is -0.384. The fourth-order valence-corrected chi connectivity index (χ4v) is 3.17. The van der Waals surface area contributed by atoms with Gasteiger partial charge in [0.15, 0.2) is 12.2 Å². The topological polar surface area (TPSA) is 170 Å². The highest BCUT2D eigenvalue weighted by atomic mass is 16.7. The normalized spacial score (nSPS) is 24.2. The highest BCUT2D eigenvalue weighted by molar-refractivity contribution is 5.73. The summed E-state index contributed by atoms with van der Waals surface area (Å²) >= 11 is 0. The number of nitro groups is 1. The van der Waals surface area contributed by atoms with E-state index in [2.05, 4.69) is 5.32 Å². The van der Waals surface area contributed by atoms with Crippen LogP contribution < -0.4 is 10.1 Å². The molecule has 13 heteroatoms. The number of nitrogens with one attached hydrogen (secondary N) is 1. The van der Waals surface area contributed by atoms with E-state index in [1.807, 2.05) is 0 Å². The first-order chi connectivity index (χ1) is 15.5. The van der Waals surface area contributed by atoms with Crippen LogP contribution in [0, 0.1) is 10.1 Å². The number of non-ortho nitro benzene ring substituents is 1. The molecule has 0 radical (unpaired) electrons. The summed E-state index contributed by atoms with van der Waals surface area (Å²) in [4.78, 5) is 57.0. The third kappa shape index (κ3) is 7.42. The summed E-state index contributed by atoms with van der Waals surface area (Å²) in [7, 11) is 0. The molecule has 13 nitrogen and oxygen atoms in total. The number of carbonyl (C=O) groups is 4. The molecule has 5 atom stereocenters. The lowest BCUT2D eigenvalue weighted by Crippen LogP contribution is -2.67. The summed E-state index contributed by atoms with van der Waals surface area (Å²) in [6.07, 6.45) is -4.96. The second kappa shape index (κ2) is 11.2. The molecule has 0 aromatic heterocycles. The van der Waals surface area contributed by atoms with Gasteiger partial charge in [0.05, 0.1) is 4.92 Å². The van der Waals surface area contributed by atoms with Crippen molar-refractivity contribution in [2.24, 2.45) is 0 Å². The molecule has 1 aliphatic rings. The van der Waals surface area contributed by atoms with Crippen LogP contribution >= 0.6 is 0 Å². The summed E-state index contributed by atoms with van der Waals surface area (Å²) in [6, 6.07) is 3.87. The second-order valence-electron chi connectivity index (χ2n) is 7.09. The number of esters is 3. The maximum Gasteiger partial charge on any atom is 0.303 e.